The molecule has 0 radical (unpaired) electrons. The summed E-state index contributed by atoms with van der Waals surface area (Å²) in [7, 11) is 0. The van der Waals surface area contributed by atoms with Gasteiger partial charge in [-0.1, -0.05) is 56.5 Å². The standard InChI is InChI=1S/C21H31NO4/c1-20(2,3)26-19(24)22-17(21(4)13-9-6-10-14-21)18(23)25-15-16-11-7-5-8-12-16/h5,7-8,11-12,17H,6,9-10,13-15H2,1-4H3,(H,22,24)/t17-/m0/s1. The monoisotopic (exact) mass is 361 g/mol. The molecule has 0 aliphatic heterocycles. The quantitative estimate of drug-likeness (QED) is 0.779. The predicted molar refractivity (Wildman–Crippen MR) is 101 cm³/mol. The molecule has 26 heavy (non-hydrogen) atoms. The largest absolute Gasteiger partial charge is 0.459 e. The fourth-order valence-corrected chi connectivity index (χ4v) is 3.40. The van der Waals surface area contributed by atoms with Gasteiger partial charge in [-0.3, -0.25) is 0 Å². The Morgan fingerprint density at radius 3 is 2.31 bits per heavy atom. The predicted octanol–water partition coefficient (Wildman–Crippen LogP) is 4.59. The molecule has 0 heterocycles. The lowest BCUT2D eigenvalue weighted by atomic mass is 9.70. The summed E-state index contributed by atoms with van der Waals surface area (Å²) in [5, 5.41) is 2.78. The van der Waals surface area contributed by atoms with Gasteiger partial charge in [0.1, 0.15) is 18.2 Å². The van der Waals surface area contributed by atoms with Gasteiger partial charge < -0.3 is 14.8 Å². The minimum Gasteiger partial charge on any atom is -0.459 e. The Morgan fingerprint density at radius 2 is 1.73 bits per heavy atom. The first-order valence-corrected chi connectivity index (χ1v) is 9.40. The first kappa shape index (κ1) is 20.3. The van der Waals surface area contributed by atoms with Crippen molar-refractivity contribution in [2.24, 2.45) is 5.41 Å². The molecule has 1 atom stereocenters. The van der Waals surface area contributed by atoms with Crippen molar-refractivity contribution >= 4 is 12.1 Å². The van der Waals surface area contributed by atoms with Crippen molar-refractivity contribution in [3.05, 3.63) is 35.9 Å². The van der Waals surface area contributed by atoms with Gasteiger partial charge in [0.2, 0.25) is 0 Å². The summed E-state index contributed by atoms with van der Waals surface area (Å²) in [5.74, 6) is -0.399. The van der Waals surface area contributed by atoms with Crippen molar-refractivity contribution < 1.29 is 19.1 Å². The van der Waals surface area contributed by atoms with Crippen LogP contribution < -0.4 is 5.32 Å². The third kappa shape index (κ3) is 6.04. The molecule has 144 valence electrons. The Kier molecular flexibility index (Phi) is 6.68. The molecular weight excluding hydrogens is 330 g/mol. The lowest BCUT2D eigenvalue weighted by molar-refractivity contribution is -0.151. The van der Waals surface area contributed by atoms with Crippen LogP contribution in [0.3, 0.4) is 0 Å². The molecule has 1 N–H and O–H groups in total. The third-order valence-corrected chi connectivity index (χ3v) is 4.81. The van der Waals surface area contributed by atoms with Crippen LogP contribution in [-0.4, -0.2) is 23.7 Å². The van der Waals surface area contributed by atoms with E-state index in [1.54, 1.807) is 20.8 Å². The summed E-state index contributed by atoms with van der Waals surface area (Å²) >= 11 is 0. The zero-order chi connectivity index (χ0) is 19.2. The van der Waals surface area contributed by atoms with Crippen molar-refractivity contribution in [3.8, 4) is 0 Å². The van der Waals surface area contributed by atoms with Gasteiger partial charge in [0.25, 0.3) is 0 Å². The van der Waals surface area contributed by atoms with E-state index in [-0.39, 0.29) is 12.0 Å². The van der Waals surface area contributed by atoms with Gasteiger partial charge in [0.15, 0.2) is 0 Å². The van der Waals surface area contributed by atoms with Crippen LogP contribution in [0.1, 0.15) is 65.4 Å². The maximum atomic E-state index is 12.8. The fourth-order valence-electron chi connectivity index (χ4n) is 3.40. The number of esters is 1. The first-order valence-electron chi connectivity index (χ1n) is 9.40. The van der Waals surface area contributed by atoms with Crippen LogP contribution in [0.2, 0.25) is 0 Å². The second-order valence-corrected chi connectivity index (χ2v) is 8.39. The highest BCUT2D eigenvalue weighted by atomic mass is 16.6. The number of ether oxygens (including phenoxy) is 2. The van der Waals surface area contributed by atoms with E-state index in [0.29, 0.717) is 0 Å². The molecule has 1 aromatic carbocycles. The SMILES string of the molecule is CC(C)(C)OC(=O)N[C@@H](C(=O)OCc1ccccc1)C1(C)CCCCC1. The Bertz CT molecular complexity index is 600. The number of alkyl carbamates (subject to hydrolysis) is 1. The maximum Gasteiger partial charge on any atom is 0.408 e. The Hall–Kier alpha value is -2.04. The number of rotatable bonds is 5. The number of hydrogen-bond acceptors (Lipinski definition) is 4. The summed E-state index contributed by atoms with van der Waals surface area (Å²) in [6.45, 7) is 7.66. The van der Waals surface area contributed by atoms with Crippen LogP contribution in [0.4, 0.5) is 4.79 Å². The molecule has 0 aromatic heterocycles. The average molecular weight is 361 g/mol. The molecule has 0 unspecified atom stereocenters. The first-order chi connectivity index (χ1) is 12.2. The van der Waals surface area contributed by atoms with E-state index in [1.165, 1.54) is 0 Å². The fraction of sp³-hybridized carbons (Fsp3) is 0.619. The van der Waals surface area contributed by atoms with Gasteiger partial charge in [-0.05, 0) is 44.6 Å². The lowest BCUT2D eigenvalue weighted by Crippen LogP contribution is -2.53. The van der Waals surface area contributed by atoms with E-state index >= 15 is 0 Å². The number of carbonyl (C=O) groups is 2. The third-order valence-electron chi connectivity index (χ3n) is 4.81. The smallest absolute Gasteiger partial charge is 0.408 e. The molecule has 5 nitrogen and oxygen atoms in total. The van der Waals surface area contributed by atoms with Gasteiger partial charge >= 0.3 is 12.1 Å². The lowest BCUT2D eigenvalue weighted by Gasteiger charge is -2.39. The normalized spacial score (nSPS) is 17.8. The highest BCUT2D eigenvalue weighted by Crippen LogP contribution is 2.39. The van der Waals surface area contributed by atoms with Crippen LogP contribution >= 0.6 is 0 Å². The molecule has 1 aliphatic carbocycles. The second kappa shape index (κ2) is 8.56. The summed E-state index contributed by atoms with van der Waals surface area (Å²) in [6.07, 6.45) is 4.45. The van der Waals surface area contributed by atoms with Gasteiger partial charge in [0.05, 0.1) is 0 Å². The molecule has 2 rings (SSSR count). The van der Waals surface area contributed by atoms with Crippen molar-refractivity contribution in [2.75, 3.05) is 0 Å². The molecule has 1 aromatic rings. The molecule has 5 heteroatoms. The molecule has 0 saturated heterocycles. The van der Waals surface area contributed by atoms with E-state index in [0.717, 1.165) is 37.7 Å². The Labute approximate surface area is 156 Å². The van der Waals surface area contributed by atoms with E-state index < -0.39 is 23.7 Å². The van der Waals surface area contributed by atoms with Crippen LogP contribution in [-0.2, 0) is 20.9 Å². The zero-order valence-corrected chi connectivity index (χ0v) is 16.3. The number of carbonyl (C=O) groups excluding carboxylic acids is 2. The topological polar surface area (TPSA) is 64.6 Å². The van der Waals surface area contributed by atoms with Gasteiger partial charge in [0, 0.05) is 0 Å². The molecule has 1 saturated carbocycles. The van der Waals surface area contributed by atoms with E-state index in [9.17, 15) is 9.59 Å². The number of nitrogens with one attached hydrogen (secondary N) is 1. The summed E-state index contributed by atoms with van der Waals surface area (Å²) < 4.78 is 10.9. The van der Waals surface area contributed by atoms with E-state index in [2.05, 4.69) is 12.2 Å². The van der Waals surface area contributed by atoms with Crippen molar-refractivity contribution in [1.29, 1.82) is 0 Å². The minimum atomic E-state index is -0.707. The second-order valence-electron chi connectivity index (χ2n) is 8.39. The highest BCUT2D eigenvalue weighted by molar-refractivity contribution is 5.82. The molecule has 0 bridgehead atoms. The molecule has 1 aliphatic rings. The van der Waals surface area contributed by atoms with Crippen LogP contribution in [0, 0.1) is 5.41 Å². The number of amides is 1. The summed E-state index contributed by atoms with van der Waals surface area (Å²) in [6, 6.07) is 8.84. The van der Waals surface area contributed by atoms with E-state index in [1.807, 2.05) is 30.3 Å². The van der Waals surface area contributed by atoms with Crippen LogP contribution in [0.5, 0.6) is 0 Å². The Balaban J connectivity index is 2.08. The van der Waals surface area contributed by atoms with Crippen molar-refractivity contribution in [2.45, 2.75) is 78.0 Å². The average Bonchev–Trinajstić information content (AvgIpc) is 2.57. The summed E-state index contributed by atoms with van der Waals surface area (Å²) in [5.41, 5.74) is -0.00966. The zero-order valence-electron chi connectivity index (χ0n) is 16.3. The van der Waals surface area contributed by atoms with Crippen molar-refractivity contribution in [1.82, 2.24) is 5.32 Å². The van der Waals surface area contributed by atoms with Crippen LogP contribution in [0.25, 0.3) is 0 Å². The van der Waals surface area contributed by atoms with Gasteiger partial charge in [-0.25, -0.2) is 9.59 Å². The molecule has 1 fully saturated rings. The van der Waals surface area contributed by atoms with Crippen molar-refractivity contribution in [3.63, 3.8) is 0 Å². The van der Waals surface area contributed by atoms with Crippen LogP contribution in [0.15, 0.2) is 30.3 Å². The molecule has 1 amide bonds. The summed E-state index contributed by atoms with van der Waals surface area (Å²) in [4.78, 5) is 25.1. The van der Waals surface area contributed by atoms with Gasteiger partial charge in [-0.15, -0.1) is 0 Å². The Morgan fingerprint density at radius 1 is 1.12 bits per heavy atom. The minimum absolute atomic E-state index is 0.197. The number of benzene rings is 1. The maximum absolute atomic E-state index is 12.8. The van der Waals surface area contributed by atoms with Gasteiger partial charge in [-0.2, -0.15) is 0 Å². The highest BCUT2D eigenvalue weighted by Gasteiger charge is 2.42. The number of hydrogen-bond donors (Lipinski definition) is 1. The van der Waals surface area contributed by atoms with E-state index in [4.69, 9.17) is 9.47 Å². The molecule has 0 spiro atoms. The molecular formula is C21H31NO4.